The van der Waals surface area contributed by atoms with Gasteiger partial charge >= 0.3 is 5.97 Å². The highest BCUT2D eigenvalue weighted by atomic mass is 16.5. The lowest BCUT2D eigenvalue weighted by Crippen LogP contribution is -2.43. The zero-order chi connectivity index (χ0) is 19.8. The summed E-state index contributed by atoms with van der Waals surface area (Å²) in [7, 11) is 1.27. The van der Waals surface area contributed by atoms with E-state index in [4.69, 9.17) is 4.74 Å². The molecule has 0 spiro atoms. The third-order valence-electron chi connectivity index (χ3n) is 5.52. The number of carbonyl (C=O) groups is 3. The number of nitrogens with zero attached hydrogens (tertiary/aromatic N) is 2. The standard InChI is InChI=1S/C21H21N3O4/c1-3-12-9-10-14(22-11-12)17-15-16(18(23-17)21(27)28-2)20(26)24(19(15)25)13-7-5-4-6-8-13/h4-11,15-18,23H,3H2,1-2H3/t15-,16+,17-,18-/m0/s1. The second kappa shape index (κ2) is 7.16. The normalized spacial score (nSPS) is 26.4. The van der Waals surface area contributed by atoms with E-state index in [-0.39, 0.29) is 5.91 Å². The number of nitrogens with one attached hydrogen (secondary N) is 1. The summed E-state index contributed by atoms with van der Waals surface area (Å²) in [5, 5.41) is 3.12. The number of pyridine rings is 1. The van der Waals surface area contributed by atoms with Gasteiger partial charge in [0.25, 0.3) is 0 Å². The molecule has 7 nitrogen and oxygen atoms in total. The Hall–Kier alpha value is -3.06. The highest BCUT2D eigenvalue weighted by Gasteiger charge is 2.61. The lowest BCUT2D eigenvalue weighted by Gasteiger charge is -2.21. The number of fused-ring (bicyclic) bond motifs is 1. The molecule has 0 radical (unpaired) electrons. The van der Waals surface area contributed by atoms with E-state index >= 15 is 0 Å². The molecule has 4 rings (SSSR count). The Balaban J connectivity index is 1.75. The Morgan fingerprint density at radius 2 is 1.82 bits per heavy atom. The quantitative estimate of drug-likeness (QED) is 0.642. The molecule has 1 aromatic heterocycles. The number of aromatic nitrogens is 1. The fourth-order valence-corrected chi connectivity index (χ4v) is 4.09. The summed E-state index contributed by atoms with van der Waals surface area (Å²) in [5.41, 5.74) is 2.21. The summed E-state index contributed by atoms with van der Waals surface area (Å²) in [5.74, 6) is -2.81. The number of ether oxygens (including phenoxy) is 1. The molecule has 2 amide bonds. The first-order valence-electron chi connectivity index (χ1n) is 9.28. The predicted octanol–water partition coefficient (Wildman–Crippen LogP) is 1.64. The molecule has 0 unspecified atom stereocenters. The van der Waals surface area contributed by atoms with Crippen LogP contribution in [-0.2, 0) is 25.5 Å². The maximum atomic E-state index is 13.2. The van der Waals surface area contributed by atoms with Crippen LogP contribution in [0.1, 0.15) is 24.2 Å². The Labute approximate surface area is 162 Å². The molecule has 144 valence electrons. The van der Waals surface area contributed by atoms with Crippen LogP contribution in [0.2, 0.25) is 0 Å². The third kappa shape index (κ3) is 2.79. The van der Waals surface area contributed by atoms with Gasteiger partial charge in [0.15, 0.2) is 0 Å². The average molecular weight is 379 g/mol. The van der Waals surface area contributed by atoms with Crippen molar-refractivity contribution in [1.82, 2.24) is 10.3 Å². The van der Waals surface area contributed by atoms with Gasteiger partial charge in [0.2, 0.25) is 11.8 Å². The fraction of sp³-hybridized carbons (Fsp3) is 0.333. The van der Waals surface area contributed by atoms with Crippen LogP contribution in [0.5, 0.6) is 0 Å². The van der Waals surface area contributed by atoms with Crippen LogP contribution in [0.15, 0.2) is 48.7 Å². The van der Waals surface area contributed by atoms with E-state index in [1.54, 1.807) is 30.5 Å². The van der Waals surface area contributed by atoms with E-state index in [2.05, 4.69) is 10.3 Å². The minimum absolute atomic E-state index is 0.327. The van der Waals surface area contributed by atoms with Crippen LogP contribution in [-0.4, -0.2) is 35.9 Å². The van der Waals surface area contributed by atoms with Crippen molar-refractivity contribution in [1.29, 1.82) is 0 Å². The molecule has 2 aromatic rings. The minimum Gasteiger partial charge on any atom is -0.468 e. The Bertz CT molecular complexity index is 913. The molecule has 1 N–H and O–H groups in total. The van der Waals surface area contributed by atoms with E-state index in [1.807, 2.05) is 25.1 Å². The van der Waals surface area contributed by atoms with Crippen LogP contribution < -0.4 is 10.2 Å². The predicted molar refractivity (Wildman–Crippen MR) is 101 cm³/mol. The monoisotopic (exact) mass is 379 g/mol. The van der Waals surface area contributed by atoms with Gasteiger partial charge in [-0.2, -0.15) is 0 Å². The van der Waals surface area contributed by atoms with E-state index in [9.17, 15) is 14.4 Å². The van der Waals surface area contributed by atoms with Crippen LogP contribution in [0.4, 0.5) is 5.69 Å². The Kier molecular flexibility index (Phi) is 4.68. The Morgan fingerprint density at radius 1 is 1.11 bits per heavy atom. The number of aryl methyl sites for hydroxylation is 1. The number of para-hydroxylation sites is 1. The topological polar surface area (TPSA) is 88.6 Å². The maximum Gasteiger partial charge on any atom is 0.323 e. The molecule has 0 aliphatic carbocycles. The number of rotatable bonds is 4. The summed E-state index contributed by atoms with van der Waals surface area (Å²) in [6.07, 6.45) is 2.61. The lowest BCUT2D eigenvalue weighted by atomic mass is 9.88. The van der Waals surface area contributed by atoms with E-state index in [1.165, 1.54) is 12.0 Å². The number of imide groups is 1. The van der Waals surface area contributed by atoms with Crippen molar-refractivity contribution in [3.05, 3.63) is 59.9 Å². The zero-order valence-corrected chi connectivity index (χ0v) is 15.7. The van der Waals surface area contributed by atoms with Gasteiger partial charge < -0.3 is 4.74 Å². The molecule has 2 aliphatic heterocycles. The number of carbonyl (C=O) groups excluding carboxylic acids is 3. The molecule has 0 saturated carbocycles. The molecular weight excluding hydrogens is 358 g/mol. The number of esters is 1. The van der Waals surface area contributed by atoms with Gasteiger partial charge in [-0.15, -0.1) is 0 Å². The summed E-state index contributed by atoms with van der Waals surface area (Å²) in [6, 6.07) is 11.1. The SMILES string of the molecule is CCc1ccc([C@@H]2N[C@H](C(=O)OC)[C@@H]3C(=O)N(c4ccccc4)C(=O)[C@@H]32)nc1. The van der Waals surface area contributed by atoms with Gasteiger partial charge in [-0.25, -0.2) is 4.90 Å². The second-order valence-electron chi connectivity index (χ2n) is 6.99. The van der Waals surface area contributed by atoms with E-state index < -0.39 is 35.8 Å². The molecule has 7 heteroatoms. The van der Waals surface area contributed by atoms with E-state index in [0.29, 0.717) is 11.4 Å². The number of anilines is 1. The fourth-order valence-electron chi connectivity index (χ4n) is 4.09. The molecule has 1 aromatic carbocycles. The minimum atomic E-state index is -0.891. The largest absolute Gasteiger partial charge is 0.468 e. The molecule has 2 aliphatic rings. The molecule has 0 bridgehead atoms. The first-order valence-corrected chi connectivity index (χ1v) is 9.28. The summed E-state index contributed by atoms with van der Waals surface area (Å²) >= 11 is 0. The molecule has 2 saturated heterocycles. The van der Waals surface area contributed by atoms with Gasteiger partial charge in [0.1, 0.15) is 6.04 Å². The van der Waals surface area contributed by atoms with Gasteiger partial charge in [0.05, 0.1) is 36.4 Å². The van der Waals surface area contributed by atoms with Crippen LogP contribution in [0.25, 0.3) is 0 Å². The highest BCUT2D eigenvalue weighted by Crippen LogP contribution is 2.45. The highest BCUT2D eigenvalue weighted by molar-refractivity contribution is 6.23. The first-order chi connectivity index (χ1) is 13.6. The second-order valence-corrected chi connectivity index (χ2v) is 6.99. The molecule has 3 heterocycles. The summed E-state index contributed by atoms with van der Waals surface area (Å²) in [6.45, 7) is 2.03. The number of methoxy groups -OCH3 is 1. The average Bonchev–Trinajstić information content (AvgIpc) is 3.25. The molecule has 2 fully saturated rings. The lowest BCUT2D eigenvalue weighted by molar-refractivity contribution is -0.145. The third-order valence-corrected chi connectivity index (χ3v) is 5.52. The van der Waals surface area contributed by atoms with Crippen molar-refractivity contribution in [2.75, 3.05) is 12.0 Å². The number of hydrogen-bond acceptors (Lipinski definition) is 6. The molecule has 28 heavy (non-hydrogen) atoms. The van der Waals surface area contributed by atoms with Gasteiger partial charge in [0, 0.05) is 6.20 Å². The van der Waals surface area contributed by atoms with Gasteiger partial charge in [-0.1, -0.05) is 31.2 Å². The van der Waals surface area contributed by atoms with Crippen molar-refractivity contribution in [3.63, 3.8) is 0 Å². The number of hydrogen-bond donors (Lipinski definition) is 1. The van der Waals surface area contributed by atoms with Gasteiger partial charge in [-0.3, -0.25) is 24.7 Å². The van der Waals surface area contributed by atoms with Crippen molar-refractivity contribution >= 4 is 23.5 Å². The van der Waals surface area contributed by atoms with Crippen molar-refractivity contribution in [3.8, 4) is 0 Å². The maximum absolute atomic E-state index is 13.2. The first kappa shape index (κ1) is 18.3. The van der Waals surface area contributed by atoms with Crippen LogP contribution in [0, 0.1) is 11.8 Å². The molecular formula is C21H21N3O4. The smallest absolute Gasteiger partial charge is 0.323 e. The van der Waals surface area contributed by atoms with Crippen molar-refractivity contribution in [2.45, 2.75) is 25.4 Å². The number of amides is 2. The molecule has 4 atom stereocenters. The zero-order valence-electron chi connectivity index (χ0n) is 15.7. The van der Waals surface area contributed by atoms with Crippen molar-refractivity contribution in [2.24, 2.45) is 11.8 Å². The van der Waals surface area contributed by atoms with E-state index in [0.717, 1.165) is 12.0 Å². The van der Waals surface area contributed by atoms with Crippen molar-refractivity contribution < 1.29 is 19.1 Å². The number of benzene rings is 1. The Morgan fingerprint density at radius 3 is 2.43 bits per heavy atom. The van der Waals surface area contributed by atoms with Gasteiger partial charge in [-0.05, 0) is 30.2 Å². The summed E-state index contributed by atoms with van der Waals surface area (Å²) in [4.78, 5) is 44.4. The summed E-state index contributed by atoms with van der Waals surface area (Å²) < 4.78 is 4.88. The van der Waals surface area contributed by atoms with Crippen LogP contribution in [0.3, 0.4) is 0 Å². The van der Waals surface area contributed by atoms with Crippen LogP contribution >= 0.6 is 0 Å².